The van der Waals surface area contributed by atoms with E-state index >= 15 is 0 Å². The van der Waals surface area contributed by atoms with Crippen molar-refractivity contribution in [2.75, 3.05) is 18.1 Å². The van der Waals surface area contributed by atoms with E-state index in [4.69, 9.17) is 9.47 Å². The van der Waals surface area contributed by atoms with E-state index in [1.807, 2.05) is 38.1 Å². The molecule has 0 radical (unpaired) electrons. The van der Waals surface area contributed by atoms with Crippen LogP contribution in [0.25, 0.3) is 0 Å². The molecule has 5 nitrogen and oxygen atoms in total. The van der Waals surface area contributed by atoms with Gasteiger partial charge in [0.2, 0.25) is 0 Å². The summed E-state index contributed by atoms with van der Waals surface area (Å²) in [5.41, 5.74) is 2.18. The number of amides is 1. The maximum Gasteiger partial charge on any atom is 0.264 e. The Morgan fingerprint density at radius 1 is 1.23 bits per heavy atom. The van der Waals surface area contributed by atoms with Gasteiger partial charge < -0.3 is 14.4 Å². The first-order chi connectivity index (χ1) is 12.4. The molecule has 0 saturated heterocycles. The van der Waals surface area contributed by atoms with Gasteiger partial charge in [-0.3, -0.25) is 9.59 Å². The summed E-state index contributed by atoms with van der Waals surface area (Å²) < 4.78 is 11.6. The van der Waals surface area contributed by atoms with Crippen LogP contribution in [0.5, 0.6) is 11.5 Å². The standard InChI is InChI=1S/C21H21NO4/c1-21(2)12-18(23)16-8-7-15(11-19(16)26-21)25-13-20(24)22-10-9-14-5-3-4-6-17(14)22/h3-8,11H,9-10,12-13H2,1-2H3. The van der Waals surface area contributed by atoms with E-state index in [-0.39, 0.29) is 18.3 Å². The van der Waals surface area contributed by atoms with Gasteiger partial charge in [0.25, 0.3) is 5.91 Å². The molecule has 0 aliphatic carbocycles. The average Bonchev–Trinajstić information content (AvgIpc) is 3.02. The van der Waals surface area contributed by atoms with Crippen molar-refractivity contribution in [1.29, 1.82) is 0 Å². The van der Waals surface area contributed by atoms with Gasteiger partial charge in [0.1, 0.15) is 17.1 Å². The second-order valence-electron chi connectivity index (χ2n) is 7.33. The Bertz CT molecular complexity index is 887. The van der Waals surface area contributed by atoms with Crippen LogP contribution in [-0.4, -0.2) is 30.4 Å². The summed E-state index contributed by atoms with van der Waals surface area (Å²) in [6.07, 6.45) is 1.22. The van der Waals surface area contributed by atoms with Crippen molar-refractivity contribution in [1.82, 2.24) is 0 Å². The Morgan fingerprint density at radius 3 is 2.88 bits per heavy atom. The molecule has 134 valence electrons. The molecule has 0 bridgehead atoms. The highest BCUT2D eigenvalue weighted by molar-refractivity contribution is 6.00. The summed E-state index contributed by atoms with van der Waals surface area (Å²) in [6.45, 7) is 4.40. The fourth-order valence-electron chi connectivity index (χ4n) is 3.54. The maximum absolute atomic E-state index is 12.5. The Kier molecular flexibility index (Phi) is 3.94. The maximum atomic E-state index is 12.5. The molecule has 0 unspecified atom stereocenters. The Balaban J connectivity index is 1.46. The third-order valence-corrected chi connectivity index (χ3v) is 4.78. The molecule has 0 aromatic heterocycles. The molecule has 0 atom stereocenters. The van der Waals surface area contributed by atoms with Gasteiger partial charge in [0, 0.05) is 18.3 Å². The van der Waals surface area contributed by atoms with Gasteiger partial charge in [-0.2, -0.15) is 0 Å². The van der Waals surface area contributed by atoms with Crippen LogP contribution >= 0.6 is 0 Å². The monoisotopic (exact) mass is 351 g/mol. The van der Waals surface area contributed by atoms with E-state index in [2.05, 4.69) is 0 Å². The molecule has 5 heteroatoms. The van der Waals surface area contributed by atoms with Crippen molar-refractivity contribution in [3.05, 3.63) is 53.6 Å². The fourth-order valence-corrected chi connectivity index (χ4v) is 3.54. The molecule has 2 aliphatic rings. The molecule has 26 heavy (non-hydrogen) atoms. The van der Waals surface area contributed by atoms with Crippen molar-refractivity contribution in [2.45, 2.75) is 32.3 Å². The minimum Gasteiger partial charge on any atom is -0.486 e. The number of ketones is 1. The van der Waals surface area contributed by atoms with Gasteiger partial charge >= 0.3 is 0 Å². The van der Waals surface area contributed by atoms with Crippen molar-refractivity contribution in [2.24, 2.45) is 0 Å². The summed E-state index contributed by atoms with van der Waals surface area (Å²) >= 11 is 0. The number of anilines is 1. The second-order valence-corrected chi connectivity index (χ2v) is 7.33. The average molecular weight is 351 g/mol. The highest BCUT2D eigenvalue weighted by Gasteiger charge is 2.32. The highest BCUT2D eigenvalue weighted by atomic mass is 16.5. The van der Waals surface area contributed by atoms with E-state index in [0.717, 1.165) is 12.1 Å². The smallest absolute Gasteiger partial charge is 0.264 e. The van der Waals surface area contributed by atoms with Gasteiger partial charge in [-0.1, -0.05) is 18.2 Å². The molecule has 4 rings (SSSR count). The summed E-state index contributed by atoms with van der Waals surface area (Å²) in [4.78, 5) is 26.5. The molecule has 2 aromatic carbocycles. The van der Waals surface area contributed by atoms with Crippen molar-refractivity contribution < 1.29 is 19.1 Å². The van der Waals surface area contributed by atoms with Crippen LogP contribution in [0.3, 0.4) is 0 Å². The molecule has 2 aromatic rings. The van der Waals surface area contributed by atoms with Crippen LogP contribution < -0.4 is 14.4 Å². The Labute approximate surface area is 152 Å². The third kappa shape index (κ3) is 3.05. The number of para-hydroxylation sites is 1. The highest BCUT2D eigenvalue weighted by Crippen LogP contribution is 2.35. The summed E-state index contributed by atoms with van der Waals surface area (Å²) in [5.74, 6) is 1.02. The molecule has 0 fully saturated rings. The van der Waals surface area contributed by atoms with Gasteiger partial charge in [-0.15, -0.1) is 0 Å². The molecular weight excluding hydrogens is 330 g/mol. The number of hydrogen-bond acceptors (Lipinski definition) is 4. The Morgan fingerprint density at radius 2 is 2.04 bits per heavy atom. The number of benzene rings is 2. The number of carbonyl (C=O) groups is 2. The second kappa shape index (κ2) is 6.16. The van der Waals surface area contributed by atoms with E-state index in [1.54, 1.807) is 23.1 Å². The zero-order chi connectivity index (χ0) is 18.3. The number of carbonyl (C=O) groups excluding carboxylic acids is 2. The quantitative estimate of drug-likeness (QED) is 0.850. The minimum absolute atomic E-state index is 0.0511. The van der Waals surface area contributed by atoms with Crippen LogP contribution in [0.1, 0.15) is 36.2 Å². The lowest BCUT2D eigenvalue weighted by molar-refractivity contribution is -0.120. The molecule has 1 amide bonds. The lowest BCUT2D eigenvalue weighted by Crippen LogP contribution is -2.36. The van der Waals surface area contributed by atoms with Crippen LogP contribution in [0, 0.1) is 0 Å². The molecule has 0 saturated carbocycles. The fraction of sp³-hybridized carbons (Fsp3) is 0.333. The largest absolute Gasteiger partial charge is 0.486 e. The van der Waals surface area contributed by atoms with Crippen molar-refractivity contribution >= 4 is 17.4 Å². The normalized spacial score (nSPS) is 17.3. The number of rotatable bonds is 3. The van der Waals surface area contributed by atoms with E-state index in [0.29, 0.717) is 30.0 Å². The van der Waals surface area contributed by atoms with Crippen molar-refractivity contribution in [3.63, 3.8) is 0 Å². The minimum atomic E-state index is -0.530. The van der Waals surface area contributed by atoms with Gasteiger partial charge in [-0.25, -0.2) is 0 Å². The van der Waals surface area contributed by atoms with Gasteiger partial charge in [0.15, 0.2) is 12.4 Å². The first kappa shape index (κ1) is 16.6. The van der Waals surface area contributed by atoms with Crippen LogP contribution in [-0.2, 0) is 11.2 Å². The predicted molar refractivity (Wildman–Crippen MR) is 98.1 cm³/mol. The molecule has 0 spiro atoms. The van der Waals surface area contributed by atoms with Crippen LogP contribution in [0.2, 0.25) is 0 Å². The summed E-state index contributed by atoms with van der Waals surface area (Å²) in [7, 11) is 0. The van der Waals surface area contributed by atoms with Crippen molar-refractivity contribution in [3.8, 4) is 11.5 Å². The predicted octanol–water partition coefficient (Wildman–Crippen LogP) is 3.40. The summed E-state index contributed by atoms with van der Waals surface area (Å²) in [6, 6.07) is 13.0. The van der Waals surface area contributed by atoms with Gasteiger partial charge in [-0.05, 0) is 44.0 Å². The lowest BCUT2D eigenvalue weighted by Gasteiger charge is -2.31. The molecular formula is C21H21NO4. The first-order valence-electron chi connectivity index (χ1n) is 8.80. The van der Waals surface area contributed by atoms with E-state index in [1.165, 1.54) is 5.56 Å². The Hall–Kier alpha value is -2.82. The molecule has 0 N–H and O–H groups in total. The van der Waals surface area contributed by atoms with Crippen LogP contribution in [0.4, 0.5) is 5.69 Å². The SMILES string of the molecule is CC1(C)CC(=O)c2ccc(OCC(=O)N3CCc4ccccc43)cc2O1. The number of Topliss-reactive ketones (excluding diaryl/α,β-unsaturated/α-hetero) is 1. The summed E-state index contributed by atoms with van der Waals surface area (Å²) in [5, 5.41) is 0. The van der Waals surface area contributed by atoms with Crippen LogP contribution in [0.15, 0.2) is 42.5 Å². The zero-order valence-corrected chi connectivity index (χ0v) is 15.0. The zero-order valence-electron chi connectivity index (χ0n) is 15.0. The van der Waals surface area contributed by atoms with E-state index in [9.17, 15) is 9.59 Å². The molecule has 2 heterocycles. The number of fused-ring (bicyclic) bond motifs is 2. The number of nitrogens with zero attached hydrogens (tertiary/aromatic N) is 1. The topological polar surface area (TPSA) is 55.8 Å². The molecule has 2 aliphatic heterocycles. The van der Waals surface area contributed by atoms with E-state index < -0.39 is 5.60 Å². The first-order valence-corrected chi connectivity index (χ1v) is 8.80. The lowest BCUT2D eigenvalue weighted by atomic mass is 9.93. The number of ether oxygens (including phenoxy) is 2. The van der Waals surface area contributed by atoms with Gasteiger partial charge in [0.05, 0.1) is 12.0 Å². The third-order valence-electron chi connectivity index (χ3n) is 4.78. The number of hydrogen-bond donors (Lipinski definition) is 0.